The Kier molecular flexibility index (Phi) is 56.7. The highest BCUT2D eigenvalue weighted by Gasteiger charge is 2.27. The van der Waals surface area contributed by atoms with Gasteiger partial charge in [-0.25, -0.2) is 0 Å². The number of esters is 1. The van der Waals surface area contributed by atoms with Gasteiger partial charge in [-0.15, -0.1) is 0 Å². The van der Waals surface area contributed by atoms with Crippen LogP contribution < -0.4 is 10.2 Å². The number of carbonyl (C=O) groups excluding carboxylic acids is 2. The van der Waals surface area contributed by atoms with Gasteiger partial charge in [0.25, 0.3) is 7.82 Å². The van der Waals surface area contributed by atoms with Gasteiger partial charge in [0.15, 0.2) is 0 Å². The smallest absolute Gasteiger partial charge is 0.306 e. The van der Waals surface area contributed by atoms with E-state index in [0.29, 0.717) is 23.9 Å². The van der Waals surface area contributed by atoms with Gasteiger partial charge in [-0.05, 0) is 89.5 Å². The molecular formula is C69H127N2O7P. The van der Waals surface area contributed by atoms with Crippen LogP contribution >= 0.6 is 7.82 Å². The second-order valence-electron chi connectivity index (χ2n) is 23.6. The molecule has 0 aliphatic heterocycles. The molecule has 9 nitrogen and oxygen atoms in total. The third-order valence-electron chi connectivity index (χ3n) is 14.6. The molecule has 1 N–H and O–H groups in total. The summed E-state index contributed by atoms with van der Waals surface area (Å²) in [5.74, 6) is -0.614. The molecule has 0 aliphatic rings. The number of nitrogens with zero attached hydrogens (tertiary/aromatic N) is 1. The molecule has 0 radical (unpaired) electrons. The van der Waals surface area contributed by atoms with Crippen molar-refractivity contribution in [1.29, 1.82) is 0 Å². The van der Waals surface area contributed by atoms with Gasteiger partial charge in [0.1, 0.15) is 19.3 Å². The molecule has 0 heterocycles. The lowest BCUT2D eigenvalue weighted by Crippen LogP contribution is -2.47. The van der Waals surface area contributed by atoms with Crippen LogP contribution in [0, 0.1) is 0 Å². The monoisotopic (exact) mass is 1130 g/mol. The van der Waals surface area contributed by atoms with E-state index in [1.807, 2.05) is 39.4 Å². The quantitative estimate of drug-likeness (QED) is 0.0212. The van der Waals surface area contributed by atoms with E-state index >= 15 is 0 Å². The van der Waals surface area contributed by atoms with Gasteiger partial charge in [0.2, 0.25) is 5.91 Å². The molecule has 10 heteroatoms. The largest absolute Gasteiger partial charge is 0.756 e. The molecule has 3 atom stereocenters. The first kappa shape index (κ1) is 76.5. The van der Waals surface area contributed by atoms with Crippen molar-refractivity contribution in [2.24, 2.45) is 0 Å². The first-order valence-electron chi connectivity index (χ1n) is 33.2. The van der Waals surface area contributed by atoms with Gasteiger partial charge in [0.05, 0.1) is 33.8 Å². The maximum absolute atomic E-state index is 13.6. The molecule has 0 bridgehead atoms. The van der Waals surface area contributed by atoms with Crippen molar-refractivity contribution >= 4 is 19.7 Å². The number of unbranched alkanes of at least 4 members (excludes halogenated alkanes) is 34. The van der Waals surface area contributed by atoms with E-state index in [1.54, 1.807) is 0 Å². The predicted octanol–water partition coefficient (Wildman–Crippen LogP) is 20.2. The number of amides is 1. The number of hydrogen-bond donors (Lipinski definition) is 1. The summed E-state index contributed by atoms with van der Waals surface area (Å²) in [5.41, 5.74) is 0. The molecule has 1 amide bonds. The Bertz CT molecular complexity index is 1580. The zero-order valence-corrected chi connectivity index (χ0v) is 53.5. The van der Waals surface area contributed by atoms with E-state index in [0.717, 1.165) is 64.2 Å². The normalized spacial score (nSPS) is 14.1. The van der Waals surface area contributed by atoms with Crippen LogP contribution in [0.3, 0.4) is 0 Å². The van der Waals surface area contributed by atoms with E-state index < -0.39 is 32.5 Å². The van der Waals surface area contributed by atoms with Crippen LogP contribution in [-0.2, 0) is 27.9 Å². The zero-order valence-electron chi connectivity index (χ0n) is 52.6. The highest BCUT2D eigenvalue weighted by atomic mass is 31.2. The van der Waals surface area contributed by atoms with Gasteiger partial charge < -0.3 is 28.5 Å². The molecule has 0 rings (SSSR count). The predicted molar refractivity (Wildman–Crippen MR) is 339 cm³/mol. The van der Waals surface area contributed by atoms with E-state index in [9.17, 15) is 19.0 Å². The van der Waals surface area contributed by atoms with Crippen LogP contribution in [-0.4, -0.2) is 69.4 Å². The lowest BCUT2D eigenvalue weighted by molar-refractivity contribution is -0.870. The summed E-state index contributed by atoms with van der Waals surface area (Å²) >= 11 is 0. The van der Waals surface area contributed by atoms with E-state index in [4.69, 9.17) is 13.8 Å². The van der Waals surface area contributed by atoms with Crippen molar-refractivity contribution in [3.63, 3.8) is 0 Å². The Morgan fingerprint density at radius 1 is 0.443 bits per heavy atom. The number of phosphoric acid groups is 1. The van der Waals surface area contributed by atoms with E-state index in [2.05, 4.69) is 80.8 Å². The molecule has 3 unspecified atom stereocenters. The Hall–Kier alpha value is -2.55. The highest BCUT2D eigenvalue weighted by Crippen LogP contribution is 2.38. The maximum Gasteiger partial charge on any atom is 0.306 e. The molecule has 79 heavy (non-hydrogen) atoms. The summed E-state index contributed by atoms with van der Waals surface area (Å²) in [7, 11) is 1.16. The van der Waals surface area contributed by atoms with Crippen LogP contribution in [0.15, 0.2) is 72.9 Å². The van der Waals surface area contributed by atoms with Gasteiger partial charge >= 0.3 is 5.97 Å². The van der Waals surface area contributed by atoms with Crippen molar-refractivity contribution in [2.45, 2.75) is 315 Å². The van der Waals surface area contributed by atoms with Gasteiger partial charge in [-0.1, -0.05) is 274 Å². The van der Waals surface area contributed by atoms with Crippen LogP contribution in [0.5, 0.6) is 0 Å². The van der Waals surface area contributed by atoms with Gasteiger partial charge in [-0.2, -0.15) is 0 Å². The summed E-state index contributed by atoms with van der Waals surface area (Å²) in [6.07, 6.45) is 76.1. The maximum atomic E-state index is 13.6. The molecule has 0 aliphatic carbocycles. The van der Waals surface area contributed by atoms with Crippen molar-refractivity contribution < 1.29 is 37.3 Å². The topological polar surface area (TPSA) is 114 Å². The number of carbonyl (C=O) groups is 2. The Labute approximate surface area is 489 Å². The number of allylic oxidation sites excluding steroid dienone is 11. The number of likely N-dealkylation sites (N-methyl/N-ethyl adjacent to an activating group) is 1. The zero-order chi connectivity index (χ0) is 57.9. The average molecular weight is 1130 g/mol. The SMILES string of the molecule is CCCCC/C=C\C/C=C\C/C=C\CCCCCCCCCCCCCCCCC(=O)NC(COP(=O)([O-])OCC[N+](C)(C)C)C(/C=C\CCCCCCCCCCCCC)OC(=O)CC/C=C/C/C=C\CCCCCCCC. The van der Waals surface area contributed by atoms with Crippen molar-refractivity contribution in [1.82, 2.24) is 5.32 Å². The molecule has 0 fully saturated rings. The molecular weight excluding hydrogens is 1000 g/mol. The fraction of sp³-hybridized carbons (Fsp3) is 0.797. The first-order valence-corrected chi connectivity index (χ1v) is 34.7. The molecule has 460 valence electrons. The first-order chi connectivity index (χ1) is 38.4. The van der Waals surface area contributed by atoms with Crippen LogP contribution in [0.25, 0.3) is 0 Å². The van der Waals surface area contributed by atoms with Crippen LogP contribution in [0.4, 0.5) is 0 Å². The number of quaternary nitrogens is 1. The van der Waals surface area contributed by atoms with Crippen LogP contribution in [0.2, 0.25) is 0 Å². The fourth-order valence-electron chi connectivity index (χ4n) is 9.47. The molecule has 0 saturated carbocycles. The standard InChI is InChI=1S/C69H127N2O7P/c1-7-10-13-16-19-22-25-28-29-30-31-32-33-34-35-36-37-38-39-40-41-44-46-49-52-55-58-61-68(72)70-66(65-77-79(74,75)76-64-63-71(4,5)6)67(60-57-54-51-48-45-42-26-23-20-17-14-11-8-2)78-69(73)62-59-56-53-50-47-43-27-24-21-18-15-12-9-3/h19,22,28-29,31-32,43,47,53,56-57,60,66-67H,7-18,20-21,23-27,30,33-42,44-46,48-52,54-55,58-59,61-65H2,1-6H3,(H-,70,72,74,75)/b22-19-,29-28-,32-31-,47-43-,56-53+,60-57-. The van der Waals surface area contributed by atoms with Crippen molar-refractivity contribution in [3.8, 4) is 0 Å². The summed E-state index contributed by atoms with van der Waals surface area (Å²) < 4.78 is 30.3. The number of nitrogens with one attached hydrogen (secondary N) is 1. The Balaban J connectivity index is 5.09. The van der Waals surface area contributed by atoms with E-state index in [1.165, 1.54) is 199 Å². The van der Waals surface area contributed by atoms with Gasteiger partial charge in [0, 0.05) is 12.8 Å². The molecule has 0 aromatic carbocycles. The third kappa shape index (κ3) is 59.9. The molecule has 0 spiro atoms. The van der Waals surface area contributed by atoms with Crippen LogP contribution in [0.1, 0.15) is 303 Å². The molecule has 0 saturated heterocycles. The van der Waals surface area contributed by atoms with Gasteiger partial charge in [-0.3, -0.25) is 14.2 Å². The lowest BCUT2D eigenvalue weighted by Gasteiger charge is -2.30. The molecule has 0 aromatic heterocycles. The van der Waals surface area contributed by atoms with Crippen molar-refractivity contribution in [3.05, 3.63) is 72.9 Å². The summed E-state index contributed by atoms with van der Waals surface area (Å²) in [6.45, 7) is 6.79. The number of ether oxygens (including phenoxy) is 1. The highest BCUT2D eigenvalue weighted by molar-refractivity contribution is 7.45. The summed E-state index contributed by atoms with van der Waals surface area (Å²) in [6, 6.07) is -0.913. The number of phosphoric ester groups is 1. The summed E-state index contributed by atoms with van der Waals surface area (Å²) in [4.78, 5) is 40.0. The Morgan fingerprint density at radius 3 is 1.20 bits per heavy atom. The third-order valence-corrected chi connectivity index (χ3v) is 15.6. The Morgan fingerprint density at radius 2 is 0.785 bits per heavy atom. The van der Waals surface area contributed by atoms with Crippen molar-refractivity contribution in [2.75, 3.05) is 40.9 Å². The second-order valence-corrected chi connectivity index (χ2v) is 25.0. The minimum Gasteiger partial charge on any atom is -0.756 e. The average Bonchev–Trinajstić information content (AvgIpc) is 3.41. The number of hydrogen-bond acceptors (Lipinski definition) is 7. The minimum atomic E-state index is -4.71. The summed E-state index contributed by atoms with van der Waals surface area (Å²) in [5, 5.41) is 3.02. The molecule has 0 aromatic rings. The fourth-order valence-corrected chi connectivity index (χ4v) is 10.2. The van der Waals surface area contributed by atoms with E-state index in [-0.39, 0.29) is 18.9 Å². The minimum absolute atomic E-state index is 0.0309. The second kappa shape index (κ2) is 58.6. The number of rotatable bonds is 60. The lowest BCUT2D eigenvalue weighted by atomic mass is 10.0.